The quantitative estimate of drug-likeness (QED) is 0.882. The molecule has 4 nitrogen and oxygen atoms in total. The second-order valence-electron chi connectivity index (χ2n) is 4.03. The molecule has 0 radical (unpaired) electrons. The molecule has 0 spiro atoms. The van der Waals surface area contributed by atoms with Crippen molar-refractivity contribution in [3.05, 3.63) is 29.1 Å². The van der Waals surface area contributed by atoms with Gasteiger partial charge in [0.1, 0.15) is 5.82 Å². The van der Waals surface area contributed by atoms with Gasteiger partial charge in [0.2, 0.25) is 10.0 Å². The average molecular weight is 260 g/mol. The molecule has 0 atom stereocenters. The molecule has 0 bridgehead atoms. The molecule has 1 aromatic carbocycles. The van der Waals surface area contributed by atoms with Gasteiger partial charge < -0.3 is 5.32 Å². The minimum Gasteiger partial charge on any atom is -0.316 e. The van der Waals surface area contributed by atoms with Crippen molar-refractivity contribution < 1.29 is 12.8 Å². The number of nitrogens with one attached hydrogen (secondary N) is 1. The fraction of sp³-hybridized carbons (Fsp3) is 0.455. The molecule has 0 aromatic heterocycles. The highest BCUT2D eigenvalue weighted by Crippen LogP contribution is 2.21. The first-order chi connectivity index (χ1) is 7.80. The van der Waals surface area contributed by atoms with E-state index in [1.54, 1.807) is 14.0 Å². The van der Waals surface area contributed by atoms with E-state index in [0.717, 1.165) is 4.31 Å². The van der Waals surface area contributed by atoms with Gasteiger partial charge in [-0.05, 0) is 31.7 Å². The maximum absolute atomic E-state index is 13.7. The van der Waals surface area contributed by atoms with Crippen molar-refractivity contribution >= 4 is 10.0 Å². The maximum Gasteiger partial charge on any atom is 0.242 e. The Hall–Kier alpha value is -0.980. The van der Waals surface area contributed by atoms with Crippen molar-refractivity contribution in [1.82, 2.24) is 9.62 Å². The number of nitrogens with zero attached hydrogens (tertiary/aromatic N) is 1. The molecule has 1 N–H and O–H groups in total. The molecule has 0 aliphatic heterocycles. The molecule has 0 aliphatic carbocycles. The summed E-state index contributed by atoms with van der Waals surface area (Å²) in [6, 6.07) is 2.72. The van der Waals surface area contributed by atoms with Gasteiger partial charge in [0, 0.05) is 26.2 Å². The van der Waals surface area contributed by atoms with Gasteiger partial charge in [-0.25, -0.2) is 17.1 Å². The summed E-state index contributed by atoms with van der Waals surface area (Å²) < 4.78 is 38.7. The van der Waals surface area contributed by atoms with Crippen LogP contribution in [0.5, 0.6) is 0 Å². The second-order valence-corrected chi connectivity index (χ2v) is 6.18. The third-order valence-corrected chi connectivity index (χ3v) is 4.24. The summed E-state index contributed by atoms with van der Waals surface area (Å²) in [4.78, 5) is 0.117. The molecular formula is C11H17FN2O2S. The molecule has 1 rings (SSSR count). The number of hydrogen-bond acceptors (Lipinski definition) is 3. The Balaban J connectivity index is 3.38. The Kier molecular flexibility index (Phi) is 4.24. The van der Waals surface area contributed by atoms with Crippen molar-refractivity contribution in [2.75, 3.05) is 21.1 Å². The Morgan fingerprint density at radius 2 is 1.94 bits per heavy atom. The predicted molar refractivity (Wildman–Crippen MR) is 64.8 cm³/mol. The Morgan fingerprint density at radius 3 is 2.41 bits per heavy atom. The topological polar surface area (TPSA) is 49.4 Å². The summed E-state index contributed by atoms with van der Waals surface area (Å²) in [7, 11) is 1.06. The van der Waals surface area contributed by atoms with Crippen molar-refractivity contribution in [2.45, 2.75) is 18.4 Å². The first-order valence-electron chi connectivity index (χ1n) is 5.17. The van der Waals surface area contributed by atoms with Gasteiger partial charge in [-0.15, -0.1) is 0 Å². The van der Waals surface area contributed by atoms with Crippen LogP contribution in [0.2, 0.25) is 0 Å². The van der Waals surface area contributed by atoms with Gasteiger partial charge in [-0.1, -0.05) is 0 Å². The summed E-state index contributed by atoms with van der Waals surface area (Å²) in [5.74, 6) is -0.364. The number of sulfonamides is 1. The minimum atomic E-state index is -3.52. The Labute approximate surface area is 101 Å². The van der Waals surface area contributed by atoms with E-state index in [1.807, 2.05) is 0 Å². The monoisotopic (exact) mass is 260 g/mol. The normalized spacial score (nSPS) is 12.1. The molecule has 6 heteroatoms. The zero-order chi connectivity index (χ0) is 13.2. The summed E-state index contributed by atoms with van der Waals surface area (Å²) in [5, 5.41) is 2.81. The van der Waals surface area contributed by atoms with Gasteiger partial charge >= 0.3 is 0 Å². The first kappa shape index (κ1) is 14.1. The maximum atomic E-state index is 13.7. The summed E-state index contributed by atoms with van der Waals surface area (Å²) in [5.41, 5.74) is 0.686. The summed E-state index contributed by atoms with van der Waals surface area (Å²) in [6.07, 6.45) is 0. The third kappa shape index (κ3) is 2.83. The largest absolute Gasteiger partial charge is 0.316 e. The molecule has 0 saturated heterocycles. The van der Waals surface area contributed by atoms with E-state index >= 15 is 0 Å². The zero-order valence-corrected chi connectivity index (χ0v) is 11.2. The number of benzene rings is 1. The van der Waals surface area contributed by atoms with Crippen LogP contribution in [-0.4, -0.2) is 33.9 Å². The molecule has 0 fully saturated rings. The Morgan fingerprint density at radius 1 is 1.35 bits per heavy atom. The van der Waals surface area contributed by atoms with E-state index in [0.29, 0.717) is 17.7 Å². The number of halogens is 1. The molecule has 0 aliphatic rings. The number of hydrogen-bond donors (Lipinski definition) is 1. The summed E-state index contributed by atoms with van der Waals surface area (Å²) in [6.45, 7) is 1.85. The van der Waals surface area contributed by atoms with Crippen LogP contribution in [0, 0.1) is 12.7 Å². The SMILES string of the molecule is CNCc1cc(S(=O)(=O)N(C)C)cc(C)c1F. The lowest BCUT2D eigenvalue weighted by Crippen LogP contribution is -2.23. The summed E-state index contributed by atoms with van der Waals surface area (Å²) >= 11 is 0. The van der Waals surface area contributed by atoms with E-state index in [-0.39, 0.29) is 10.7 Å². The third-order valence-electron chi connectivity index (χ3n) is 2.45. The lowest BCUT2D eigenvalue weighted by Gasteiger charge is -2.14. The van der Waals surface area contributed by atoms with E-state index in [9.17, 15) is 12.8 Å². The van der Waals surface area contributed by atoms with Crippen molar-refractivity contribution in [3.8, 4) is 0 Å². The number of rotatable bonds is 4. The van der Waals surface area contributed by atoms with Gasteiger partial charge in [-0.2, -0.15) is 0 Å². The molecule has 0 amide bonds. The molecule has 0 saturated carbocycles. The molecular weight excluding hydrogens is 243 g/mol. The standard InChI is InChI=1S/C11H17FN2O2S/c1-8-5-10(17(15,16)14(3)4)6-9(7-13-2)11(8)12/h5-6,13H,7H2,1-4H3. The van der Waals surface area contributed by atoms with E-state index in [2.05, 4.69) is 5.32 Å². The van der Waals surface area contributed by atoms with Crippen LogP contribution < -0.4 is 5.32 Å². The first-order valence-corrected chi connectivity index (χ1v) is 6.61. The predicted octanol–water partition coefficient (Wildman–Crippen LogP) is 1.10. The lowest BCUT2D eigenvalue weighted by atomic mass is 10.1. The van der Waals surface area contributed by atoms with E-state index in [1.165, 1.54) is 26.2 Å². The van der Waals surface area contributed by atoms with Crippen LogP contribution >= 0.6 is 0 Å². The van der Waals surface area contributed by atoms with Gasteiger partial charge in [0.25, 0.3) is 0 Å². The van der Waals surface area contributed by atoms with Crippen molar-refractivity contribution in [1.29, 1.82) is 0 Å². The van der Waals surface area contributed by atoms with Crippen LogP contribution in [0.25, 0.3) is 0 Å². The van der Waals surface area contributed by atoms with Crippen molar-refractivity contribution in [3.63, 3.8) is 0 Å². The van der Waals surface area contributed by atoms with E-state index in [4.69, 9.17) is 0 Å². The smallest absolute Gasteiger partial charge is 0.242 e. The highest BCUT2D eigenvalue weighted by Gasteiger charge is 2.20. The van der Waals surface area contributed by atoms with Gasteiger partial charge in [-0.3, -0.25) is 0 Å². The molecule has 0 heterocycles. The van der Waals surface area contributed by atoms with Crippen molar-refractivity contribution in [2.24, 2.45) is 0 Å². The van der Waals surface area contributed by atoms with Crippen LogP contribution in [0.1, 0.15) is 11.1 Å². The molecule has 0 unspecified atom stereocenters. The molecule has 17 heavy (non-hydrogen) atoms. The fourth-order valence-corrected chi connectivity index (χ4v) is 2.52. The van der Waals surface area contributed by atoms with Gasteiger partial charge in [0.05, 0.1) is 4.90 Å². The highest BCUT2D eigenvalue weighted by molar-refractivity contribution is 7.89. The highest BCUT2D eigenvalue weighted by atomic mass is 32.2. The lowest BCUT2D eigenvalue weighted by molar-refractivity contribution is 0.519. The Bertz CT molecular complexity index is 512. The fourth-order valence-electron chi connectivity index (χ4n) is 1.49. The van der Waals surface area contributed by atoms with Gasteiger partial charge in [0.15, 0.2) is 0 Å². The molecule has 96 valence electrons. The molecule has 1 aromatic rings. The average Bonchev–Trinajstić information content (AvgIpc) is 2.24. The van der Waals surface area contributed by atoms with E-state index < -0.39 is 10.0 Å². The number of aryl methyl sites for hydroxylation is 1. The minimum absolute atomic E-state index is 0.117. The van der Waals surface area contributed by atoms with Crippen LogP contribution in [0.3, 0.4) is 0 Å². The van der Waals surface area contributed by atoms with Crippen LogP contribution in [0.15, 0.2) is 17.0 Å². The van der Waals surface area contributed by atoms with Crippen LogP contribution in [-0.2, 0) is 16.6 Å². The van der Waals surface area contributed by atoms with Crippen LogP contribution in [0.4, 0.5) is 4.39 Å². The second kappa shape index (κ2) is 5.12. The zero-order valence-electron chi connectivity index (χ0n) is 10.4.